The minimum atomic E-state index is -0.753. The number of aromatic amines is 1. The SMILES string of the molecule is COC(=O)C(Cc1c[nH]c2ccccc12)NC(=O)c1cccn1C. The van der Waals surface area contributed by atoms with Gasteiger partial charge in [0, 0.05) is 36.8 Å². The molecular weight excluding hydrogens is 306 g/mol. The molecular formula is C18H19N3O3. The molecule has 3 rings (SSSR count). The number of benzene rings is 1. The Labute approximate surface area is 139 Å². The number of carbonyl (C=O) groups is 2. The van der Waals surface area contributed by atoms with Gasteiger partial charge in [0.05, 0.1) is 7.11 Å². The molecule has 0 radical (unpaired) electrons. The summed E-state index contributed by atoms with van der Waals surface area (Å²) >= 11 is 0. The Morgan fingerprint density at radius 3 is 2.75 bits per heavy atom. The van der Waals surface area contributed by atoms with Crippen molar-refractivity contribution in [3.63, 3.8) is 0 Å². The minimum Gasteiger partial charge on any atom is -0.467 e. The van der Waals surface area contributed by atoms with Gasteiger partial charge in [-0.05, 0) is 23.8 Å². The number of carbonyl (C=O) groups excluding carboxylic acids is 2. The number of rotatable bonds is 5. The van der Waals surface area contributed by atoms with Crippen LogP contribution in [0.4, 0.5) is 0 Å². The van der Waals surface area contributed by atoms with E-state index in [1.807, 2.05) is 30.5 Å². The Morgan fingerprint density at radius 1 is 1.25 bits per heavy atom. The van der Waals surface area contributed by atoms with Crippen LogP contribution < -0.4 is 5.32 Å². The van der Waals surface area contributed by atoms with Crippen LogP contribution in [0.25, 0.3) is 10.9 Å². The summed E-state index contributed by atoms with van der Waals surface area (Å²) < 4.78 is 6.55. The molecule has 6 nitrogen and oxygen atoms in total. The van der Waals surface area contributed by atoms with E-state index in [1.165, 1.54) is 7.11 Å². The third-order valence-corrected chi connectivity index (χ3v) is 4.07. The van der Waals surface area contributed by atoms with Crippen molar-refractivity contribution in [2.24, 2.45) is 7.05 Å². The Bertz CT molecular complexity index is 878. The highest BCUT2D eigenvalue weighted by Gasteiger charge is 2.24. The van der Waals surface area contributed by atoms with Crippen LogP contribution in [0.1, 0.15) is 16.1 Å². The minimum absolute atomic E-state index is 0.308. The average Bonchev–Trinajstić information content (AvgIpc) is 3.20. The summed E-state index contributed by atoms with van der Waals surface area (Å²) in [4.78, 5) is 27.7. The zero-order chi connectivity index (χ0) is 17.1. The fourth-order valence-corrected chi connectivity index (χ4v) is 2.79. The molecule has 124 valence electrons. The lowest BCUT2D eigenvalue weighted by molar-refractivity contribution is -0.142. The Hall–Kier alpha value is -3.02. The Morgan fingerprint density at radius 2 is 2.04 bits per heavy atom. The van der Waals surface area contributed by atoms with E-state index in [9.17, 15) is 9.59 Å². The monoisotopic (exact) mass is 325 g/mol. The molecule has 0 fully saturated rings. The average molecular weight is 325 g/mol. The number of methoxy groups -OCH3 is 1. The highest BCUT2D eigenvalue weighted by molar-refractivity contribution is 5.96. The number of amides is 1. The third-order valence-electron chi connectivity index (χ3n) is 4.07. The quantitative estimate of drug-likeness (QED) is 0.705. The van der Waals surface area contributed by atoms with Crippen LogP contribution in [0.2, 0.25) is 0 Å². The summed E-state index contributed by atoms with van der Waals surface area (Å²) in [5.74, 6) is -0.777. The lowest BCUT2D eigenvalue weighted by Crippen LogP contribution is -2.43. The Balaban J connectivity index is 1.83. The van der Waals surface area contributed by atoms with Gasteiger partial charge in [-0.25, -0.2) is 4.79 Å². The van der Waals surface area contributed by atoms with Crippen molar-refractivity contribution < 1.29 is 14.3 Å². The molecule has 1 amide bonds. The summed E-state index contributed by atoms with van der Waals surface area (Å²) in [6, 6.07) is 10.6. The van der Waals surface area contributed by atoms with Gasteiger partial charge in [-0.15, -0.1) is 0 Å². The number of aromatic nitrogens is 2. The largest absolute Gasteiger partial charge is 0.467 e. The third kappa shape index (κ3) is 3.03. The number of hydrogen-bond donors (Lipinski definition) is 2. The number of nitrogens with one attached hydrogen (secondary N) is 2. The van der Waals surface area contributed by atoms with Crippen LogP contribution in [-0.2, 0) is 23.0 Å². The fourth-order valence-electron chi connectivity index (χ4n) is 2.79. The van der Waals surface area contributed by atoms with E-state index in [-0.39, 0.29) is 5.91 Å². The smallest absolute Gasteiger partial charge is 0.328 e. The van der Waals surface area contributed by atoms with Crippen LogP contribution in [-0.4, -0.2) is 34.6 Å². The van der Waals surface area contributed by atoms with Crippen LogP contribution in [0.5, 0.6) is 0 Å². The van der Waals surface area contributed by atoms with E-state index in [2.05, 4.69) is 10.3 Å². The maximum absolute atomic E-state index is 12.4. The zero-order valence-corrected chi connectivity index (χ0v) is 13.6. The molecule has 1 unspecified atom stereocenters. The van der Waals surface area contributed by atoms with Crippen molar-refractivity contribution >= 4 is 22.8 Å². The number of fused-ring (bicyclic) bond motifs is 1. The van der Waals surface area contributed by atoms with Crippen molar-refractivity contribution in [1.29, 1.82) is 0 Å². The lowest BCUT2D eigenvalue weighted by atomic mass is 10.0. The molecule has 2 heterocycles. The first kappa shape index (κ1) is 15.9. The maximum atomic E-state index is 12.4. The molecule has 6 heteroatoms. The summed E-state index contributed by atoms with van der Waals surface area (Å²) in [6.45, 7) is 0. The maximum Gasteiger partial charge on any atom is 0.328 e. The van der Waals surface area contributed by atoms with Gasteiger partial charge in [0.15, 0.2) is 0 Å². The van der Waals surface area contributed by atoms with E-state index in [0.29, 0.717) is 12.1 Å². The van der Waals surface area contributed by atoms with Crippen molar-refractivity contribution in [1.82, 2.24) is 14.9 Å². The fraction of sp³-hybridized carbons (Fsp3) is 0.222. The van der Waals surface area contributed by atoms with Gasteiger partial charge in [-0.1, -0.05) is 18.2 Å². The molecule has 0 aliphatic heterocycles. The van der Waals surface area contributed by atoms with Crippen molar-refractivity contribution in [3.05, 3.63) is 60.0 Å². The summed E-state index contributed by atoms with van der Waals surface area (Å²) in [7, 11) is 3.10. The zero-order valence-electron chi connectivity index (χ0n) is 13.6. The topological polar surface area (TPSA) is 76.1 Å². The van der Waals surface area contributed by atoms with Gasteiger partial charge in [0.25, 0.3) is 5.91 Å². The molecule has 24 heavy (non-hydrogen) atoms. The highest BCUT2D eigenvalue weighted by atomic mass is 16.5. The summed E-state index contributed by atoms with van der Waals surface area (Å²) in [5, 5.41) is 3.79. The number of para-hydroxylation sites is 1. The summed E-state index contributed by atoms with van der Waals surface area (Å²) in [6.07, 6.45) is 3.99. The molecule has 3 aromatic rings. The van der Waals surface area contributed by atoms with Crippen molar-refractivity contribution in [2.75, 3.05) is 7.11 Å². The molecule has 1 aromatic carbocycles. The second kappa shape index (κ2) is 6.62. The Kier molecular flexibility index (Phi) is 4.37. The van der Waals surface area contributed by atoms with E-state index in [1.54, 1.807) is 29.9 Å². The second-order valence-electron chi connectivity index (χ2n) is 5.62. The predicted octanol–water partition coefficient (Wildman–Crippen LogP) is 2.02. The normalized spacial score (nSPS) is 12.1. The van der Waals surface area contributed by atoms with Crippen LogP contribution in [0, 0.1) is 0 Å². The molecule has 2 N–H and O–H groups in total. The van der Waals surface area contributed by atoms with Gasteiger partial charge in [-0.2, -0.15) is 0 Å². The van der Waals surface area contributed by atoms with E-state index in [0.717, 1.165) is 16.5 Å². The lowest BCUT2D eigenvalue weighted by Gasteiger charge is -2.16. The van der Waals surface area contributed by atoms with Gasteiger partial charge in [0.2, 0.25) is 0 Å². The van der Waals surface area contributed by atoms with Crippen molar-refractivity contribution in [2.45, 2.75) is 12.5 Å². The molecule has 0 saturated heterocycles. The molecule has 0 spiro atoms. The first-order valence-corrected chi connectivity index (χ1v) is 7.65. The van der Waals surface area contributed by atoms with Crippen molar-refractivity contribution in [3.8, 4) is 0 Å². The summed E-state index contributed by atoms with van der Waals surface area (Å²) in [5.41, 5.74) is 2.43. The number of nitrogens with zero attached hydrogens (tertiary/aromatic N) is 1. The molecule has 0 aliphatic carbocycles. The van der Waals surface area contributed by atoms with E-state index in [4.69, 9.17) is 4.74 Å². The van der Waals surface area contributed by atoms with Crippen LogP contribution in [0.3, 0.4) is 0 Å². The molecule has 0 bridgehead atoms. The number of H-pyrrole nitrogens is 1. The molecule has 2 aromatic heterocycles. The first-order chi connectivity index (χ1) is 11.6. The number of hydrogen-bond acceptors (Lipinski definition) is 3. The van der Waals surface area contributed by atoms with Gasteiger partial charge in [0.1, 0.15) is 11.7 Å². The molecule has 1 atom stereocenters. The van der Waals surface area contributed by atoms with Crippen LogP contribution >= 0.6 is 0 Å². The van der Waals surface area contributed by atoms with Crippen LogP contribution in [0.15, 0.2) is 48.8 Å². The second-order valence-corrected chi connectivity index (χ2v) is 5.62. The molecule has 0 saturated carbocycles. The first-order valence-electron chi connectivity index (χ1n) is 7.65. The number of esters is 1. The van der Waals surface area contributed by atoms with Gasteiger partial charge >= 0.3 is 5.97 Å². The standard InChI is InChI=1S/C18H19N3O3/c1-21-9-5-8-16(21)17(22)20-15(18(23)24-2)10-12-11-19-14-7-4-3-6-13(12)14/h3-9,11,15,19H,10H2,1-2H3,(H,20,22). The number of aryl methyl sites for hydroxylation is 1. The van der Waals surface area contributed by atoms with E-state index >= 15 is 0 Å². The van der Waals surface area contributed by atoms with Gasteiger partial charge in [-0.3, -0.25) is 4.79 Å². The number of ether oxygens (including phenoxy) is 1. The van der Waals surface area contributed by atoms with E-state index < -0.39 is 12.0 Å². The highest BCUT2D eigenvalue weighted by Crippen LogP contribution is 2.19. The van der Waals surface area contributed by atoms with Gasteiger partial charge < -0.3 is 19.6 Å². The molecule has 0 aliphatic rings. The predicted molar refractivity (Wildman–Crippen MR) is 90.7 cm³/mol.